The van der Waals surface area contributed by atoms with Crippen LogP contribution in [0.5, 0.6) is 0 Å². The highest BCUT2D eigenvalue weighted by Gasteiger charge is 2.24. The standard InChI is InChI=1S/C19H20ClN3OS/c20-15-10-8-14(9-11-15)13-25-19-22-21-18(17-7-4-12-24-17)23(19)16-5-2-1-3-6-16/h4,7-12,16H,1-3,5-6,13H2. The van der Waals surface area contributed by atoms with Gasteiger partial charge in [-0.05, 0) is 42.7 Å². The molecule has 3 aromatic rings. The van der Waals surface area contributed by atoms with Crippen molar-refractivity contribution in [2.24, 2.45) is 0 Å². The summed E-state index contributed by atoms with van der Waals surface area (Å²) in [6, 6.07) is 12.3. The van der Waals surface area contributed by atoms with E-state index in [1.807, 2.05) is 24.3 Å². The highest BCUT2D eigenvalue weighted by atomic mass is 35.5. The van der Waals surface area contributed by atoms with Crippen LogP contribution in [-0.2, 0) is 5.75 Å². The summed E-state index contributed by atoms with van der Waals surface area (Å²) in [4.78, 5) is 0. The van der Waals surface area contributed by atoms with Gasteiger partial charge in [-0.15, -0.1) is 10.2 Å². The summed E-state index contributed by atoms with van der Waals surface area (Å²) in [7, 11) is 0. The fraction of sp³-hybridized carbons (Fsp3) is 0.368. The highest BCUT2D eigenvalue weighted by Crippen LogP contribution is 2.36. The van der Waals surface area contributed by atoms with E-state index in [9.17, 15) is 0 Å². The number of furan rings is 1. The van der Waals surface area contributed by atoms with Crippen LogP contribution < -0.4 is 0 Å². The molecule has 6 heteroatoms. The van der Waals surface area contributed by atoms with Crippen LogP contribution in [0.4, 0.5) is 0 Å². The Balaban J connectivity index is 1.61. The van der Waals surface area contributed by atoms with Crippen LogP contribution in [0.3, 0.4) is 0 Å². The van der Waals surface area contributed by atoms with E-state index in [0.717, 1.165) is 27.5 Å². The third-order valence-corrected chi connectivity index (χ3v) is 5.89. The average molecular weight is 374 g/mol. The van der Waals surface area contributed by atoms with Crippen LogP contribution in [0.2, 0.25) is 5.02 Å². The Labute approximate surface area is 156 Å². The van der Waals surface area contributed by atoms with E-state index in [-0.39, 0.29) is 0 Å². The smallest absolute Gasteiger partial charge is 0.200 e. The maximum atomic E-state index is 5.97. The summed E-state index contributed by atoms with van der Waals surface area (Å²) < 4.78 is 7.88. The molecule has 0 spiro atoms. The molecule has 0 saturated heterocycles. The van der Waals surface area contributed by atoms with Crippen molar-refractivity contribution in [1.29, 1.82) is 0 Å². The van der Waals surface area contributed by atoms with Crippen LogP contribution in [0, 0.1) is 0 Å². The molecule has 0 amide bonds. The van der Waals surface area contributed by atoms with Crippen molar-refractivity contribution in [3.63, 3.8) is 0 Å². The normalized spacial score (nSPS) is 15.6. The van der Waals surface area contributed by atoms with Gasteiger partial charge in [0.05, 0.1) is 6.26 Å². The van der Waals surface area contributed by atoms with E-state index >= 15 is 0 Å². The van der Waals surface area contributed by atoms with E-state index in [0.29, 0.717) is 6.04 Å². The van der Waals surface area contributed by atoms with Crippen molar-refractivity contribution in [3.05, 3.63) is 53.2 Å². The minimum atomic E-state index is 0.455. The Kier molecular flexibility index (Phi) is 5.13. The van der Waals surface area contributed by atoms with Gasteiger partial charge in [0.15, 0.2) is 10.9 Å². The summed E-state index contributed by atoms with van der Waals surface area (Å²) in [5.74, 6) is 2.48. The number of benzene rings is 1. The molecule has 1 aliphatic carbocycles. The van der Waals surface area contributed by atoms with Gasteiger partial charge in [0.1, 0.15) is 0 Å². The van der Waals surface area contributed by atoms with Gasteiger partial charge >= 0.3 is 0 Å². The largest absolute Gasteiger partial charge is 0.461 e. The van der Waals surface area contributed by atoms with Gasteiger partial charge in [-0.25, -0.2) is 0 Å². The first-order valence-corrected chi connectivity index (χ1v) is 10.0. The second kappa shape index (κ2) is 7.67. The zero-order chi connectivity index (χ0) is 17.1. The lowest BCUT2D eigenvalue weighted by Crippen LogP contribution is -2.15. The molecule has 1 saturated carbocycles. The van der Waals surface area contributed by atoms with Crippen LogP contribution in [0.15, 0.2) is 52.2 Å². The lowest BCUT2D eigenvalue weighted by molar-refractivity contribution is 0.337. The number of aromatic nitrogens is 3. The number of hydrogen-bond donors (Lipinski definition) is 0. The van der Waals surface area contributed by atoms with Gasteiger partial charge < -0.3 is 4.42 Å². The zero-order valence-electron chi connectivity index (χ0n) is 13.9. The molecule has 0 unspecified atom stereocenters. The molecule has 0 N–H and O–H groups in total. The zero-order valence-corrected chi connectivity index (χ0v) is 15.5. The van der Waals surface area contributed by atoms with Crippen molar-refractivity contribution in [2.75, 3.05) is 0 Å². The minimum absolute atomic E-state index is 0.455. The van der Waals surface area contributed by atoms with E-state index in [2.05, 4.69) is 26.9 Å². The first-order valence-electron chi connectivity index (χ1n) is 8.67. The van der Waals surface area contributed by atoms with Gasteiger partial charge in [0, 0.05) is 16.8 Å². The molecule has 0 atom stereocenters. The molecule has 4 rings (SSSR count). The number of hydrogen-bond acceptors (Lipinski definition) is 4. The van der Waals surface area contributed by atoms with Crippen molar-refractivity contribution < 1.29 is 4.42 Å². The lowest BCUT2D eigenvalue weighted by atomic mass is 9.95. The van der Waals surface area contributed by atoms with Crippen LogP contribution >= 0.6 is 23.4 Å². The fourth-order valence-electron chi connectivity index (χ4n) is 3.35. The molecule has 2 heterocycles. The van der Waals surface area contributed by atoms with Crippen LogP contribution in [0.1, 0.15) is 43.7 Å². The number of nitrogens with zero attached hydrogens (tertiary/aromatic N) is 3. The molecule has 1 aromatic carbocycles. The Morgan fingerprint density at radius 2 is 1.88 bits per heavy atom. The molecule has 2 aromatic heterocycles. The molecule has 130 valence electrons. The van der Waals surface area contributed by atoms with E-state index in [4.69, 9.17) is 16.0 Å². The number of thioether (sulfide) groups is 1. The minimum Gasteiger partial charge on any atom is -0.461 e. The number of rotatable bonds is 5. The molecular formula is C19H20ClN3OS. The molecule has 1 fully saturated rings. The first kappa shape index (κ1) is 16.7. The Bertz CT molecular complexity index is 808. The third-order valence-electron chi connectivity index (χ3n) is 4.63. The van der Waals surface area contributed by atoms with Crippen molar-refractivity contribution >= 4 is 23.4 Å². The van der Waals surface area contributed by atoms with Gasteiger partial charge in [0.2, 0.25) is 5.82 Å². The Hall–Kier alpha value is -1.72. The Morgan fingerprint density at radius 1 is 1.08 bits per heavy atom. The topological polar surface area (TPSA) is 43.9 Å². The van der Waals surface area contributed by atoms with E-state index in [1.54, 1.807) is 18.0 Å². The third kappa shape index (κ3) is 3.77. The summed E-state index contributed by atoms with van der Waals surface area (Å²) in [6.45, 7) is 0. The summed E-state index contributed by atoms with van der Waals surface area (Å²) in [6.07, 6.45) is 7.90. The van der Waals surface area contributed by atoms with Crippen molar-refractivity contribution in [1.82, 2.24) is 14.8 Å². The molecule has 25 heavy (non-hydrogen) atoms. The number of halogens is 1. The molecular weight excluding hydrogens is 354 g/mol. The van der Waals surface area contributed by atoms with Crippen LogP contribution in [0.25, 0.3) is 11.6 Å². The fourth-order valence-corrected chi connectivity index (χ4v) is 4.43. The van der Waals surface area contributed by atoms with Gasteiger partial charge in [-0.3, -0.25) is 4.57 Å². The maximum absolute atomic E-state index is 5.97. The van der Waals surface area contributed by atoms with Crippen molar-refractivity contribution in [2.45, 2.75) is 49.1 Å². The molecule has 0 bridgehead atoms. The van der Waals surface area contributed by atoms with E-state index < -0.39 is 0 Å². The highest BCUT2D eigenvalue weighted by molar-refractivity contribution is 7.98. The van der Waals surface area contributed by atoms with E-state index in [1.165, 1.54) is 37.7 Å². The molecule has 0 aliphatic heterocycles. The summed E-state index contributed by atoms with van der Waals surface area (Å²) in [5, 5.41) is 10.6. The molecule has 1 aliphatic rings. The predicted molar refractivity (Wildman–Crippen MR) is 101 cm³/mol. The van der Waals surface area contributed by atoms with Crippen molar-refractivity contribution in [3.8, 4) is 11.6 Å². The maximum Gasteiger partial charge on any atom is 0.200 e. The quantitative estimate of drug-likeness (QED) is 0.515. The average Bonchev–Trinajstić information content (AvgIpc) is 3.31. The lowest BCUT2D eigenvalue weighted by Gasteiger charge is -2.25. The van der Waals surface area contributed by atoms with Crippen LogP contribution in [-0.4, -0.2) is 14.8 Å². The molecule has 0 radical (unpaired) electrons. The monoisotopic (exact) mass is 373 g/mol. The predicted octanol–water partition coefficient (Wildman–Crippen LogP) is 5.99. The molecule has 4 nitrogen and oxygen atoms in total. The second-order valence-corrected chi connectivity index (χ2v) is 7.74. The Morgan fingerprint density at radius 3 is 2.60 bits per heavy atom. The SMILES string of the molecule is Clc1ccc(CSc2nnc(-c3ccco3)n2C2CCCCC2)cc1. The van der Waals surface area contributed by atoms with Gasteiger partial charge in [-0.1, -0.05) is 54.8 Å². The van der Waals surface area contributed by atoms with Gasteiger partial charge in [0.25, 0.3) is 0 Å². The second-order valence-electron chi connectivity index (χ2n) is 6.36. The summed E-state index contributed by atoms with van der Waals surface area (Å²) in [5.41, 5.74) is 1.23. The van der Waals surface area contributed by atoms with Gasteiger partial charge in [-0.2, -0.15) is 0 Å². The first-order chi connectivity index (χ1) is 12.3. The summed E-state index contributed by atoms with van der Waals surface area (Å²) >= 11 is 7.69.